The third-order valence-electron chi connectivity index (χ3n) is 2.07. The molecule has 0 aromatic heterocycles. The van der Waals surface area contributed by atoms with E-state index >= 15 is 0 Å². The first kappa shape index (κ1) is 11.7. The molecule has 5 nitrogen and oxygen atoms in total. The minimum atomic E-state index is -1.59. The number of nitrogens with zero attached hydrogens (tertiary/aromatic N) is 1. The Bertz CT molecular complexity index is 226. The molecule has 0 aliphatic heterocycles. The predicted molar refractivity (Wildman–Crippen MR) is 46.0 cm³/mol. The molecule has 0 amide bonds. The fourth-order valence-electron chi connectivity index (χ4n) is 1.05. The van der Waals surface area contributed by atoms with Gasteiger partial charge in [0.25, 0.3) is 5.54 Å². The van der Waals surface area contributed by atoms with E-state index in [2.05, 4.69) is 0 Å². The van der Waals surface area contributed by atoms with Gasteiger partial charge in [-0.15, -0.1) is 0 Å². The first-order valence-electron chi connectivity index (χ1n) is 4.10. The van der Waals surface area contributed by atoms with Crippen LogP contribution in [-0.4, -0.2) is 22.5 Å². The molecular weight excluding hydrogens is 174 g/mol. The summed E-state index contributed by atoms with van der Waals surface area (Å²) in [6.07, 6.45) is 0.737. The molecule has 0 aromatic carbocycles. The smallest absolute Gasteiger partial charge is 0.276 e. The molecule has 0 aliphatic carbocycles. The average Bonchev–Trinajstić information content (AvgIpc) is 2.12. The summed E-state index contributed by atoms with van der Waals surface area (Å²) in [5.41, 5.74) is -1.59. The van der Waals surface area contributed by atoms with Crippen molar-refractivity contribution in [3.8, 4) is 0 Å². The molecule has 0 aromatic rings. The topological polar surface area (TPSA) is 77.3 Å². The van der Waals surface area contributed by atoms with E-state index in [4.69, 9.17) is 0 Å². The van der Waals surface area contributed by atoms with Gasteiger partial charge >= 0.3 is 0 Å². The van der Waals surface area contributed by atoms with Gasteiger partial charge in [0, 0.05) is 31.1 Å². The molecule has 74 valence electrons. The minimum absolute atomic E-state index is 0.0177. The first-order chi connectivity index (χ1) is 5.99. The van der Waals surface area contributed by atoms with Gasteiger partial charge in [-0.2, -0.15) is 0 Å². The van der Waals surface area contributed by atoms with Gasteiger partial charge in [-0.05, 0) is 0 Å². The van der Waals surface area contributed by atoms with Gasteiger partial charge < -0.3 is 4.79 Å². The van der Waals surface area contributed by atoms with E-state index in [1.54, 1.807) is 6.92 Å². The van der Waals surface area contributed by atoms with Gasteiger partial charge in [0.15, 0.2) is 0 Å². The van der Waals surface area contributed by atoms with Crippen LogP contribution < -0.4 is 0 Å². The van der Waals surface area contributed by atoms with Crippen LogP contribution >= 0.6 is 0 Å². The summed E-state index contributed by atoms with van der Waals surface area (Å²) < 4.78 is 0. The largest absolute Gasteiger partial charge is 0.303 e. The Morgan fingerprint density at radius 1 is 1.62 bits per heavy atom. The van der Waals surface area contributed by atoms with Crippen LogP contribution in [-0.2, 0) is 9.59 Å². The van der Waals surface area contributed by atoms with Crippen molar-refractivity contribution in [1.29, 1.82) is 0 Å². The number of hydrogen-bond acceptors (Lipinski definition) is 4. The van der Waals surface area contributed by atoms with E-state index in [1.165, 1.54) is 6.92 Å². The lowest BCUT2D eigenvalue weighted by Crippen LogP contribution is -2.43. The van der Waals surface area contributed by atoms with Crippen LogP contribution in [0.3, 0.4) is 0 Å². The van der Waals surface area contributed by atoms with Crippen molar-refractivity contribution in [1.82, 2.24) is 0 Å². The number of carbonyl (C=O) groups is 2. The Morgan fingerprint density at radius 2 is 2.15 bits per heavy atom. The molecule has 0 rings (SSSR count). The second-order valence-corrected chi connectivity index (χ2v) is 3.01. The fraction of sp³-hybridized carbons (Fsp3) is 0.750. The summed E-state index contributed by atoms with van der Waals surface area (Å²) in [6, 6.07) is 0. The molecular formula is C8H13NO4. The zero-order chi connectivity index (χ0) is 10.5. The maximum Gasteiger partial charge on any atom is 0.276 e. The highest BCUT2D eigenvalue weighted by molar-refractivity contribution is 5.86. The molecule has 0 saturated heterocycles. The highest BCUT2D eigenvalue weighted by atomic mass is 16.6. The van der Waals surface area contributed by atoms with Crippen LogP contribution in [0.4, 0.5) is 0 Å². The molecule has 0 aliphatic rings. The molecule has 0 radical (unpaired) electrons. The zero-order valence-electron chi connectivity index (χ0n) is 7.78. The lowest BCUT2D eigenvalue weighted by molar-refractivity contribution is -0.548. The van der Waals surface area contributed by atoms with E-state index in [9.17, 15) is 19.7 Å². The molecule has 0 spiro atoms. The van der Waals surface area contributed by atoms with E-state index in [0.29, 0.717) is 6.29 Å². The SMILES string of the molecule is CCC(=O)C(C)(CCC=O)[N+](=O)[O-]. The van der Waals surface area contributed by atoms with Crippen LogP contribution in [0.25, 0.3) is 0 Å². The van der Waals surface area contributed by atoms with Crippen LogP contribution in [0, 0.1) is 10.1 Å². The van der Waals surface area contributed by atoms with Crippen molar-refractivity contribution in [3.63, 3.8) is 0 Å². The summed E-state index contributed by atoms with van der Waals surface area (Å²) in [6.45, 7) is 2.84. The standard InChI is InChI=1S/C8H13NO4/c1-3-7(11)8(2,9(12)13)5-4-6-10/h6H,3-5H2,1-2H3. The Balaban J connectivity index is 4.61. The van der Waals surface area contributed by atoms with E-state index < -0.39 is 16.2 Å². The van der Waals surface area contributed by atoms with Gasteiger partial charge in [0.1, 0.15) is 6.29 Å². The van der Waals surface area contributed by atoms with Gasteiger partial charge in [-0.1, -0.05) is 6.92 Å². The second kappa shape index (κ2) is 4.69. The molecule has 5 heteroatoms. The Labute approximate surface area is 76.3 Å². The number of aldehydes is 1. The monoisotopic (exact) mass is 187 g/mol. The maximum atomic E-state index is 11.2. The number of Topliss-reactive ketones (excluding diaryl/α,β-unsaturated/α-hetero) is 1. The zero-order valence-corrected chi connectivity index (χ0v) is 7.78. The lowest BCUT2D eigenvalue weighted by atomic mass is 9.90. The summed E-state index contributed by atoms with van der Waals surface area (Å²) in [7, 11) is 0. The number of rotatable bonds is 6. The number of ketones is 1. The average molecular weight is 187 g/mol. The van der Waals surface area contributed by atoms with Crippen molar-refractivity contribution < 1.29 is 14.5 Å². The fourth-order valence-corrected chi connectivity index (χ4v) is 1.05. The first-order valence-corrected chi connectivity index (χ1v) is 4.10. The van der Waals surface area contributed by atoms with Crippen LogP contribution in [0.5, 0.6) is 0 Å². The van der Waals surface area contributed by atoms with Crippen LogP contribution in [0.2, 0.25) is 0 Å². The second-order valence-electron chi connectivity index (χ2n) is 3.01. The number of carbonyl (C=O) groups excluding carboxylic acids is 2. The predicted octanol–water partition coefficient (Wildman–Crippen LogP) is 0.980. The molecule has 1 unspecified atom stereocenters. The molecule has 0 fully saturated rings. The lowest BCUT2D eigenvalue weighted by Gasteiger charge is -2.17. The molecule has 0 bridgehead atoms. The van der Waals surface area contributed by atoms with Crippen molar-refractivity contribution in [3.05, 3.63) is 10.1 Å². The normalized spacial score (nSPS) is 14.6. The van der Waals surface area contributed by atoms with Crippen LogP contribution in [0.1, 0.15) is 33.1 Å². The van der Waals surface area contributed by atoms with Gasteiger partial charge in [0.2, 0.25) is 5.78 Å². The minimum Gasteiger partial charge on any atom is -0.303 e. The summed E-state index contributed by atoms with van der Waals surface area (Å²) in [4.78, 5) is 31.3. The molecule has 0 N–H and O–H groups in total. The maximum absolute atomic E-state index is 11.2. The third-order valence-corrected chi connectivity index (χ3v) is 2.07. The van der Waals surface area contributed by atoms with Gasteiger partial charge in [-0.3, -0.25) is 14.9 Å². The number of hydrogen-bond donors (Lipinski definition) is 0. The highest BCUT2D eigenvalue weighted by Gasteiger charge is 2.43. The summed E-state index contributed by atoms with van der Waals surface area (Å²) in [5, 5.41) is 10.6. The summed E-state index contributed by atoms with van der Waals surface area (Å²) >= 11 is 0. The van der Waals surface area contributed by atoms with Crippen LogP contribution in [0.15, 0.2) is 0 Å². The van der Waals surface area contributed by atoms with Crippen molar-refractivity contribution >= 4 is 12.1 Å². The highest BCUT2D eigenvalue weighted by Crippen LogP contribution is 2.18. The molecule has 0 saturated carbocycles. The molecule has 0 heterocycles. The van der Waals surface area contributed by atoms with Gasteiger partial charge in [0.05, 0.1) is 0 Å². The van der Waals surface area contributed by atoms with E-state index in [-0.39, 0.29) is 19.3 Å². The molecule has 1 atom stereocenters. The van der Waals surface area contributed by atoms with E-state index in [0.717, 1.165) is 0 Å². The van der Waals surface area contributed by atoms with E-state index in [1.807, 2.05) is 0 Å². The Hall–Kier alpha value is -1.26. The van der Waals surface area contributed by atoms with Crippen molar-refractivity contribution in [2.24, 2.45) is 0 Å². The van der Waals surface area contributed by atoms with Crippen molar-refractivity contribution in [2.45, 2.75) is 38.6 Å². The Kier molecular flexibility index (Phi) is 4.23. The third kappa shape index (κ3) is 2.61. The molecule has 13 heavy (non-hydrogen) atoms. The Morgan fingerprint density at radius 3 is 2.46 bits per heavy atom. The quantitative estimate of drug-likeness (QED) is 0.353. The summed E-state index contributed by atoms with van der Waals surface area (Å²) in [5.74, 6) is -0.431. The number of nitro groups is 1. The van der Waals surface area contributed by atoms with Crippen molar-refractivity contribution in [2.75, 3.05) is 0 Å². The van der Waals surface area contributed by atoms with Gasteiger partial charge in [-0.25, -0.2) is 0 Å².